The molecule has 1 atom stereocenters. The number of anilines is 1. The second-order valence-electron chi connectivity index (χ2n) is 7.16. The van der Waals surface area contributed by atoms with E-state index in [-0.39, 0.29) is 5.91 Å². The predicted octanol–water partition coefficient (Wildman–Crippen LogP) is 3.52. The Morgan fingerprint density at radius 1 is 1.10 bits per heavy atom. The molecule has 7 nitrogen and oxygen atoms in total. The Labute approximate surface area is 177 Å². The normalized spacial score (nSPS) is 15.0. The molecule has 1 aromatic heterocycles. The molecular weight excluding hydrogens is 402 g/mol. The molecule has 8 heteroatoms. The molecule has 156 valence electrons. The Balaban J connectivity index is 1.76. The number of rotatable bonds is 5. The van der Waals surface area contributed by atoms with Gasteiger partial charge in [0.25, 0.3) is 5.91 Å². The molecule has 4 rings (SSSR count). The Morgan fingerprint density at radius 2 is 1.87 bits per heavy atom. The number of nitrogens with one attached hydrogen (secondary N) is 1. The van der Waals surface area contributed by atoms with Gasteiger partial charge in [0, 0.05) is 21.9 Å². The average molecular weight is 426 g/mol. The highest BCUT2D eigenvalue weighted by Gasteiger charge is 2.29. The fraction of sp³-hybridized carbons (Fsp3) is 0.273. The summed E-state index contributed by atoms with van der Waals surface area (Å²) in [5.41, 5.74) is 5.09. The standard InChI is InChI=1S/C22H23N3O4S/c1-13-6-5-7-18(14(13)2)25-21(16-11-30(27)12-17(16)24-25)23-22(26)15-8-9-19(28-3)20(10-15)29-4/h5-10H,11-12H2,1-4H3,(H,23,26)/t30-/m1/s1. The number of ether oxygens (including phenoxy) is 2. The third-order valence-electron chi connectivity index (χ3n) is 5.35. The minimum atomic E-state index is -1.01. The van der Waals surface area contributed by atoms with E-state index in [0.29, 0.717) is 34.4 Å². The first-order valence-corrected chi connectivity index (χ1v) is 11.0. The molecule has 0 saturated carbocycles. The van der Waals surface area contributed by atoms with Crippen LogP contribution in [-0.2, 0) is 22.3 Å². The van der Waals surface area contributed by atoms with Crippen molar-refractivity contribution in [2.75, 3.05) is 19.5 Å². The number of hydrogen-bond acceptors (Lipinski definition) is 5. The summed E-state index contributed by atoms with van der Waals surface area (Å²) in [6.07, 6.45) is 0. The highest BCUT2D eigenvalue weighted by Crippen LogP contribution is 2.33. The molecule has 0 bridgehead atoms. The van der Waals surface area contributed by atoms with Crippen LogP contribution in [-0.4, -0.2) is 34.1 Å². The molecule has 3 aromatic rings. The van der Waals surface area contributed by atoms with Crippen molar-refractivity contribution in [2.24, 2.45) is 0 Å². The predicted molar refractivity (Wildman–Crippen MR) is 116 cm³/mol. The van der Waals surface area contributed by atoms with Gasteiger partial charge in [0.2, 0.25) is 0 Å². The quantitative estimate of drug-likeness (QED) is 0.676. The number of fused-ring (bicyclic) bond motifs is 1. The second-order valence-corrected chi connectivity index (χ2v) is 8.61. The summed E-state index contributed by atoms with van der Waals surface area (Å²) in [6, 6.07) is 11.0. The lowest BCUT2D eigenvalue weighted by Gasteiger charge is -2.15. The summed E-state index contributed by atoms with van der Waals surface area (Å²) < 4.78 is 24.4. The molecule has 1 aliphatic heterocycles. The van der Waals surface area contributed by atoms with Crippen molar-refractivity contribution in [3.05, 3.63) is 64.3 Å². The van der Waals surface area contributed by atoms with Crippen LogP contribution in [0.1, 0.15) is 32.7 Å². The van der Waals surface area contributed by atoms with E-state index in [1.165, 1.54) is 7.11 Å². The van der Waals surface area contributed by atoms with Gasteiger partial charge in [-0.1, -0.05) is 12.1 Å². The first kappa shape index (κ1) is 20.2. The third kappa shape index (κ3) is 3.47. The van der Waals surface area contributed by atoms with Crippen molar-refractivity contribution in [1.29, 1.82) is 0 Å². The summed E-state index contributed by atoms with van der Waals surface area (Å²) >= 11 is 0. The molecule has 0 fully saturated rings. The van der Waals surface area contributed by atoms with E-state index in [0.717, 1.165) is 28.1 Å². The fourth-order valence-electron chi connectivity index (χ4n) is 3.55. The maximum absolute atomic E-state index is 13.1. The van der Waals surface area contributed by atoms with Crippen LogP contribution in [0.15, 0.2) is 36.4 Å². The number of carbonyl (C=O) groups is 1. The Bertz CT molecular complexity index is 1170. The van der Waals surface area contributed by atoms with Gasteiger partial charge in [-0.25, -0.2) is 4.68 Å². The first-order chi connectivity index (χ1) is 14.4. The van der Waals surface area contributed by atoms with E-state index in [9.17, 15) is 9.00 Å². The van der Waals surface area contributed by atoms with E-state index in [1.807, 2.05) is 32.0 Å². The monoisotopic (exact) mass is 425 g/mol. The highest BCUT2D eigenvalue weighted by atomic mass is 32.2. The Kier molecular flexibility index (Phi) is 5.34. The van der Waals surface area contributed by atoms with Gasteiger partial charge in [-0.05, 0) is 49.2 Å². The lowest BCUT2D eigenvalue weighted by molar-refractivity contribution is 0.102. The van der Waals surface area contributed by atoms with Crippen LogP contribution in [0, 0.1) is 13.8 Å². The van der Waals surface area contributed by atoms with Gasteiger partial charge in [0.1, 0.15) is 5.82 Å². The van der Waals surface area contributed by atoms with Crippen LogP contribution in [0.5, 0.6) is 11.5 Å². The van der Waals surface area contributed by atoms with E-state index in [4.69, 9.17) is 9.47 Å². The second kappa shape index (κ2) is 7.95. The van der Waals surface area contributed by atoms with Crippen LogP contribution in [0.4, 0.5) is 5.82 Å². The zero-order chi connectivity index (χ0) is 21.4. The minimum absolute atomic E-state index is 0.303. The van der Waals surface area contributed by atoms with Gasteiger partial charge in [0.15, 0.2) is 11.5 Å². The van der Waals surface area contributed by atoms with Crippen molar-refractivity contribution >= 4 is 22.5 Å². The maximum atomic E-state index is 13.1. The Morgan fingerprint density at radius 3 is 2.60 bits per heavy atom. The number of benzene rings is 2. The van der Waals surface area contributed by atoms with Crippen LogP contribution in [0.25, 0.3) is 5.69 Å². The van der Waals surface area contributed by atoms with E-state index < -0.39 is 10.8 Å². The van der Waals surface area contributed by atoms with Crippen LogP contribution in [0.2, 0.25) is 0 Å². The number of methoxy groups -OCH3 is 2. The molecule has 0 saturated heterocycles. The van der Waals surface area contributed by atoms with Crippen LogP contribution < -0.4 is 14.8 Å². The number of hydrogen-bond donors (Lipinski definition) is 1. The smallest absolute Gasteiger partial charge is 0.256 e. The molecule has 1 N–H and O–H groups in total. The molecule has 30 heavy (non-hydrogen) atoms. The van der Waals surface area contributed by atoms with Crippen molar-refractivity contribution in [2.45, 2.75) is 25.4 Å². The van der Waals surface area contributed by atoms with Gasteiger partial charge in [-0.15, -0.1) is 0 Å². The number of nitrogens with zero attached hydrogens (tertiary/aromatic N) is 2. The molecule has 1 aliphatic rings. The van der Waals surface area contributed by atoms with Crippen molar-refractivity contribution in [3.63, 3.8) is 0 Å². The largest absolute Gasteiger partial charge is 0.493 e. The van der Waals surface area contributed by atoms with Gasteiger partial charge < -0.3 is 14.8 Å². The lowest BCUT2D eigenvalue weighted by atomic mass is 10.1. The van der Waals surface area contributed by atoms with E-state index in [2.05, 4.69) is 10.4 Å². The number of aromatic nitrogens is 2. The van der Waals surface area contributed by atoms with Crippen molar-refractivity contribution in [1.82, 2.24) is 9.78 Å². The Hall–Kier alpha value is -3.13. The highest BCUT2D eigenvalue weighted by molar-refractivity contribution is 7.83. The summed E-state index contributed by atoms with van der Waals surface area (Å²) in [4.78, 5) is 13.1. The minimum Gasteiger partial charge on any atom is -0.493 e. The number of aryl methyl sites for hydroxylation is 1. The SMILES string of the molecule is COc1ccc(C(=O)Nc2c3c(nn2-c2cccc(C)c2C)C[S@](=O)C3)cc1OC. The van der Waals surface area contributed by atoms with E-state index in [1.54, 1.807) is 30.0 Å². The molecule has 0 unspecified atom stereocenters. The fourth-order valence-corrected chi connectivity index (χ4v) is 4.82. The van der Waals surface area contributed by atoms with Crippen molar-refractivity contribution < 1.29 is 18.5 Å². The number of carbonyl (C=O) groups excluding carboxylic acids is 1. The van der Waals surface area contributed by atoms with Crippen LogP contribution in [0.3, 0.4) is 0 Å². The molecule has 0 radical (unpaired) electrons. The molecular formula is C22H23N3O4S. The first-order valence-electron chi connectivity index (χ1n) is 9.48. The molecule has 2 aromatic carbocycles. The van der Waals surface area contributed by atoms with E-state index >= 15 is 0 Å². The van der Waals surface area contributed by atoms with Gasteiger partial charge in [-0.3, -0.25) is 9.00 Å². The zero-order valence-corrected chi connectivity index (χ0v) is 18.1. The topological polar surface area (TPSA) is 82.5 Å². The molecule has 2 heterocycles. The maximum Gasteiger partial charge on any atom is 0.256 e. The molecule has 0 spiro atoms. The summed E-state index contributed by atoms with van der Waals surface area (Å²) in [5, 5.41) is 7.68. The van der Waals surface area contributed by atoms with Crippen molar-refractivity contribution in [3.8, 4) is 17.2 Å². The molecule has 0 aliphatic carbocycles. The van der Waals surface area contributed by atoms with Crippen LogP contribution >= 0.6 is 0 Å². The molecule has 1 amide bonds. The zero-order valence-electron chi connectivity index (χ0n) is 17.3. The summed E-state index contributed by atoms with van der Waals surface area (Å²) in [6.45, 7) is 4.06. The summed E-state index contributed by atoms with van der Waals surface area (Å²) in [5.74, 6) is 2.05. The average Bonchev–Trinajstić information content (AvgIpc) is 3.26. The number of amides is 1. The lowest BCUT2D eigenvalue weighted by Crippen LogP contribution is -2.17. The summed E-state index contributed by atoms with van der Waals surface area (Å²) in [7, 11) is 2.07. The third-order valence-corrected chi connectivity index (χ3v) is 6.56. The van der Waals surface area contributed by atoms with Gasteiger partial charge in [0.05, 0.1) is 37.1 Å². The van der Waals surface area contributed by atoms with Gasteiger partial charge >= 0.3 is 0 Å². The van der Waals surface area contributed by atoms with Gasteiger partial charge in [-0.2, -0.15) is 5.10 Å².